The fourth-order valence-corrected chi connectivity index (χ4v) is 3.70. The second kappa shape index (κ2) is 4.19. The number of hydrogen-bond acceptors (Lipinski definition) is 3. The van der Waals surface area contributed by atoms with Gasteiger partial charge in [0.2, 0.25) is 0 Å². The summed E-state index contributed by atoms with van der Waals surface area (Å²) in [5.41, 5.74) is 6.68. The van der Waals surface area contributed by atoms with E-state index in [4.69, 9.17) is 17.3 Å². The van der Waals surface area contributed by atoms with E-state index in [1.165, 1.54) is 16.9 Å². The van der Waals surface area contributed by atoms with Crippen LogP contribution in [0.1, 0.15) is 34.3 Å². The lowest BCUT2D eigenvalue weighted by molar-refractivity contribution is 0.174. The highest BCUT2D eigenvalue weighted by Gasteiger charge is 2.23. The highest BCUT2D eigenvalue weighted by molar-refractivity contribution is 7.13. The van der Waals surface area contributed by atoms with Crippen molar-refractivity contribution >= 4 is 22.9 Å². The van der Waals surface area contributed by atoms with Gasteiger partial charge in [-0.15, -0.1) is 11.3 Å². The van der Waals surface area contributed by atoms with Crippen molar-refractivity contribution in [3.05, 3.63) is 20.3 Å². The molecule has 2 nitrogen and oxygen atoms in total. The van der Waals surface area contributed by atoms with Crippen LogP contribution in [-0.4, -0.2) is 11.7 Å². The van der Waals surface area contributed by atoms with E-state index in [0.29, 0.717) is 13.0 Å². The summed E-state index contributed by atoms with van der Waals surface area (Å²) in [7, 11) is 0. The maximum atomic E-state index is 9.80. The van der Waals surface area contributed by atoms with Crippen molar-refractivity contribution in [1.29, 1.82) is 0 Å². The molecular weight excluding hydrogens is 218 g/mol. The zero-order valence-electron chi connectivity index (χ0n) is 7.92. The van der Waals surface area contributed by atoms with E-state index < -0.39 is 6.10 Å². The van der Waals surface area contributed by atoms with Crippen molar-refractivity contribution < 1.29 is 5.11 Å². The van der Waals surface area contributed by atoms with Gasteiger partial charge in [-0.1, -0.05) is 11.6 Å². The zero-order valence-corrected chi connectivity index (χ0v) is 9.50. The Bertz CT molecular complexity index is 337. The largest absolute Gasteiger partial charge is 0.387 e. The number of aliphatic hydroxyl groups is 1. The summed E-state index contributed by atoms with van der Waals surface area (Å²) in [5, 5.41) is 10.6. The Hall–Kier alpha value is -0.0900. The maximum absolute atomic E-state index is 9.80. The first-order valence-electron chi connectivity index (χ1n) is 4.92. The summed E-state index contributed by atoms with van der Waals surface area (Å²) < 4.78 is 0. The van der Waals surface area contributed by atoms with Crippen LogP contribution < -0.4 is 5.73 Å². The molecule has 1 aromatic heterocycles. The van der Waals surface area contributed by atoms with Crippen molar-refractivity contribution in [2.45, 2.75) is 31.8 Å². The van der Waals surface area contributed by atoms with Crippen LogP contribution in [0.2, 0.25) is 5.02 Å². The second-order valence-corrected chi connectivity index (χ2v) is 5.14. The number of rotatable bonds is 3. The van der Waals surface area contributed by atoms with E-state index in [0.717, 1.165) is 22.7 Å². The Morgan fingerprint density at radius 2 is 2.29 bits per heavy atom. The van der Waals surface area contributed by atoms with Gasteiger partial charge in [-0.2, -0.15) is 0 Å². The number of hydrogen-bond donors (Lipinski definition) is 2. The monoisotopic (exact) mass is 231 g/mol. The van der Waals surface area contributed by atoms with E-state index in [1.54, 1.807) is 11.3 Å². The molecular formula is C10H14ClNOS. The van der Waals surface area contributed by atoms with Crippen LogP contribution in [-0.2, 0) is 12.8 Å². The minimum absolute atomic E-state index is 0.469. The third-order valence-corrected chi connectivity index (χ3v) is 4.56. The van der Waals surface area contributed by atoms with Crippen LogP contribution in [0, 0.1) is 0 Å². The molecule has 1 aliphatic carbocycles. The van der Waals surface area contributed by atoms with Gasteiger partial charge in [-0.3, -0.25) is 0 Å². The van der Waals surface area contributed by atoms with Gasteiger partial charge < -0.3 is 10.8 Å². The van der Waals surface area contributed by atoms with Crippen molar-refractivity contribution in [3.8, 4) is 0 Å². The topological polar surface area (TPSA) is 46.2 Å². The van der Waals surface area contributed by atoms with Crippen molar-refractivity contribution in [2.75, 3.05) is 6.54 Å². The van der Waals surface area contributed by atoms with Gasteiger partial charge in [-0.05, 0) is 37.8 Å². The van der Waals surface area contributed by atoms with Gasteiger partial charge in [0, 0.05) is 4.88 Å². The molecule has 1 heterocycles. The Morgan fingerprint density at radius 1 is 1.50 bits per heavy atom. The first-order chi connectivity index (χ1) is 6.74. The van der Waals surface area contributed by atoms with Crippen LogP contribution in [0.25, 0.3) is 0 Å². The molecule has 0 saturated carbocycles. The Morgan fingerprint density at radius 3 is 2.93 bits per heavy atom. The summed E-state index contributed by atoms with van der Waals surface area (Å²) in [4.78, 5) is 2.28. The average Bonchev–Trinajstić information content (AvgIpc) is 2.69. The van der Waals surface area contributed by atoms with E-state index in [2.05, 4.69) is 0 Å². The summed E-state index contributed by atoms with van der Waals surface area (Å²) in [6.45, 7) is 0.500. The molecule has 0 saturated heterocycles. The highest BCUT2D eigenvalue weighted by atomic mass is 35.5. The summed E-state index contributed by atoms with van der Waals surface area (Å²) >= 11 is 7.87. The molecule has 3 N–H and O–H groups in total. The van der Waals surface area contributed by atoms with Crippen LogP contribution in [0.5, 0.6) is 0 Å². The van der Waals surface area contributed by atoms with Crippen LogP contribution >= 0.6 is 22.9 Å². The van der Waals surface area contributed by atoms with Gasteiger partial charge in [-0.25, -0.2) is 0 Å². The lowest BCUT2D eigenvalue weighted by Gasteiger charge is -2.07. The Balaban J connectivity index is 2.27. The predicted molar refractivity (Wildman–Crippen MR) is 60.0 cm³/mol. The van der Waals surface area contributed by atoms with E-state index in [1.807, 2.05) is 0 Å². The fraction of sp³-hybridized carbons (Fsp3) is 0.600. The molecule has 1 aliphatic rings. The van der Waals surface area contributed by atoms with Crippen LogP contribution in [0.4, 0.5) is 0 Å². The second-order valence-electron chi connectivity index (χ2n) is 3.63. The predicted octanol–water partition coefficient (Wildman–Crippen LogP) is 2.27. The van der Waals surface area contributed by atoms with Gasteiger partial charge >= 0.3 is 0 Å². The first kappa shape index (κ1) is 10.4. The smallest absolute Gasteiger partial charge is 0.0909 e. The third-order valence-electron chi connectivity index (χ3n) is 2.62. The number of aliphatic hydroxyl groups excluding tert-OH is 1. The van der Waals surface area contributed by atoms with Gasteiger partial charge in [0.15, 0.2) is 0 Å². The summed E-state index contributed by atoms with van der Waals surface area (Å²) in [6.07, 6.45) is 3.52. The molecule has 0 aromatic carbocycles. The van der Waals surface area contributed by atoms with E-state index >= 15 is 0 Å². The number of aryl methyl sites for hydroxylation is 1. The molecule has 2 rings (SSSR count). The lowest BCUT2D eigenvalue weighted by Crippen LogP contribution is -2.05. The van der Waals surface area contributed by atoms with Crippen LogP contribution in [0.3, 0.4) is 0 Å². The molecule has 1 aromatic rings. The number of fused-ring (bicyclic) bond motifs is 1. The van der Waals surface area contributed by atoms with Crippen LogP contribution in [0.15, 0.2) is 0 Å². The SMILES string of the molecule is NCCC(O)c1sc2c(c1Cl)CCC2. The fourth-order valence-electron chi connectivity index (χ4n) is 1.89. The molecule has 1 unspecified atom stereocenters. The Kier molecular flexibility index (Phi) is 3.12. The van der Waals surface area contributed by atoms with E-state index in [9.17, 15) is 5.11 Å². The van der Waals surface area contributed by atoms with Gasteiger partial charge in [0.25, 0.3) is 0 Å². The van der Waals surface area contributed by atoms with Crippen molar-refractivity contribution in [1.82, 2.24) is 0 Å². The molecule has 0 spiro atoms. The molecule has 78 valence electrons. The molecule has 0 bridgehead atoms. The lowest BCUT2D eigenvalue weighted by atomic mass is 10.2. The first-order valence-corrected chi connectivity index (χ1v) is 6.11. The van der Waals surface area contributed by atoms with E-state index in [-0.39, 0.29) is 0 Å². The Labute approximate surface area is 92.7 Å². The van der Waals surface area contributed by atoms with Crippen molar-refractivity contribution in [3.63, 3.8) is 0 Å². The normalized spacial score (nSPS) is 17.1. The molecule has 0 aliphatic heterocycles. The molecule has 0 fully saturated rings. The molecule has 0 radical (unpaired) electrons. The molecule has 4 heteroatoms. The van der Waals surface area contributed by atoms with Gasteiger partial charge in [0.05, 0.1) is 16.0 Å². The van der Waals surface area contributed by atoms with Gasteiger partial charge in [0.1, 0.15) is 0 Å². The number of halogens is 1. The average molecular weight is 232 g/mol. The number of thiophene rings is 1. The summed E-state index contributed by atoms with van der Waals surface area (Å²) in [5.74, 6) is 0. The highest BCUT2D eigenvalue weighted by Crippen LogP contribution is 2.42. The molecule has 1 atom stereocenters. The minimum Gasteiger partial charge on any atom is -0.387 e. The number of nitrogens with two attached hydrogens (primary N) is 1. The zero-order chi connectivity index (χ0) is 10.1. The minimum atomic E-state index is -0.469. The standard InChI is InChI=1S/C10H14ClNOS/c11-9-6-2-1-3-8(6)14-10(9)7(13)4-5-12/h7,13H,1-5,12H2. The summed E-state index contributed by atoms with van der Waals surface area (Å²) in [6, 6.07) is 0. The molecule has 0 amide bonds. The van der Waals surface area contributed by atoms with Crippen molar-refractivity contribution in [2.24, 2.45) is 5.73 Å². The molecule has 14 heavy (non-hydrogen) atoms. The maximum Gasteiger partial charge on any atom is 0.0909 e. The third kappa shape index (κ3) is 1.70. The quantitative estimate of drug-likeness (QED) is 0.839.